The molecule has 0 spiro atoms. The van der Waals surface area contributed by atoms with Crippen LogP contribution in [0.3, 0.4) is 0 Å². The average Bonchev–Trinajstić information content (AvgIpc) is 2.42. The number of nitrogens with zero attached hydrogens (tertiary/aromatic N) is 1. The first-order chi connectivity index (χ1) is 9.63. The fourth-order valence-electron chi connectivity index (χ4n) is 4.71. The molecule has 3 nitrogen and oxygen atoms in total. The van der Waals surface area contributed by atoms with Crippen molar-refractivity contribution in [3.8, 4) is 0 Å². The monoisotopic (exact) mass is 296 g/mol. The summed E-state index contributed by atoms with van der Waals surface area (Å²) < 4.78 is 0. The number of likely N-dealkylation sites (tertiary alicyclic amines) is 1. The zero-order valence-corrected chi connectivity index (χ0v) is 14.8. The van der Waals surface area contributed by atoms with Crippen molar-refractivity contribution in [2.24, 2.45) is 22.5 Å². The smallest absolute Gasteiger partial charge is 0.0742 e. The molecule has 1 heterocycles. The van der Waals surface area contributed by atoms with Crippen LogP contribution in [0.15, 0.2) is 0 Å². The van der Waals surface area contributed by atoms with Gasteiger partial charge in [0.25, 0.3) is 0 Å². The van der Waals surface area contributed by atoms with Crippen LogP contribution in [0.5, 0.6) is 0 Å². The van der Waals surface area contributed by atoms with Gasteiger partial charge in [-0.1, -0.05) is 20.8 Å². The summed E-state index contributed by atoms with van der Waals surface area (Å²) in [6, 6.07) is 0.451. The third-order valence-corrected chi connectivity index (χ3v) is 6.81. The lowest BCUT2D eigenvalue weighted by atomic mass is 9.55. The molecule has 1 aliphatic carbocycles. The Balaban J connectivity index is 2.13. The first-order valence-corrected chi connectivity index (χ1v) is 8.76. The van der Waals surface area contributed by atoms with E-state index in [0.717, 1.165) is 38.1 Å². The van der Waals surface area contributed by atoms with Crippen molar-refractivity contribution in [3.05, 3.63) is 0 Å². The van der Waals surface area contributed by atoms with Gasteiger partial charge in [0, 0.05) is 24.5 Å². The minimum atomic E-state index is -0.559. The first kappa shape index (κ1) is 17.2. The summed E-state index contributed by atoms with van der Waals surface area (Å²) >= 11 is 0. The molecule has 0 aromatic rings. The molecule has 2 atom stereocenters. The normalized spacial score (nSPS) is 43.0. The van der Waals surface area contributed by atoms with Gasteiger partial charge in [-0.25, -0.2) is 0 Å². The van der Waals surface area contributed by atoms with Gasteiger partial charge in [0.05, 0.1) is 5.60 Å². The minimum Gasteiger partial charge on any atom is -0.389 e. The van der Waals surface area contributed by atoms with Gasteiger partial charge in [-0.15, -0.1) is 0 Å². The molecule has 0 aromatic carbocycles. The predicted octanol–water partition coefficient (Wildman–Crippen LogP) is 3.01. The maximum atomic E-state index is 11.4. The summed E-state index contributed by atoms with van der Waals surface area (Å²) in [4.78, 5) is 2.36. The van der Waals surface area contributed by atoms with Crippen molar-refractivity contribution in [1.82, 2.24) is 4.90 Å². The Kier molecular flexibility index (Phi) is 4.78. The number of hydrogen-bond donors (Lipinski definition) is 2. The molecule has 0 aromatic heterocycles. The fourth-order valence-corrected chi connectivity index (χ4v) is 4.71. The van der Waals surface area contributed by atoms with E-state index in [1.807, 2.05) is 0 Å². The number of hydrogen-bond acceptors (Lipinski definition) is 3. The molecule has 0 bridgehead atoms. The highest BCUT2D eigenvalue weighted by Gasteiger charge is 2.53. The first-order valence-electron chi connectivity index (χ1n) is 8.76. The maximum Gasteiger partial charge on any atom is 0.0742 e. The fraction of sp³-hybridized carbons (Fsp3) is 1.00. The van der Waals surface area contributed by atoms with Crippen LogP contribution in [-0.4, -0.2) is 41.8 Å². The number of nitrogens with two attached hydrogens (primary N) is 1. The van der Waals surface area contributed by atoms with Crippen molar-refractivity contribution in [2.75, 3.05) is 20.1 Å². The van der Waals surface area contributed by atoms with Crippen molar-refractivity contribution < 1.29 is 5.11 Å². The van der Waals surface area contributed by atoms with Crippen LogP contribution in [0.25, 0.3) is 0 Å². The molecule has 0 radical (unpaired) electrons. The lowest BCUT2D eigenvalue weighted by molar-refractivity contribution is -0.148. The summed E-state index contributed by atoms with van der Waals surface area (Å²) in [5, 5.41) is 11.4. The van der Waals surface area contributed by atoms with Crippen molar-refractivity contribution in [3.63, 3.8) is 0 Å². The number of aliphatic hydroxyl groups is 1. The molecule has 1 saturated carbocycles. The standard InChI is InChI=1S/C18H36N2O/c1-14-12-18(21,10-11-20(14)5)17(13-19)8-6-15(7-9-17)16(2,3)4/h14-15,21H,6-13,19H2,1-5H3. The molecule has 2 aliphatic rings. The van der Waals surface area contributed by atoms with E-state index in [0.29, 0.717) is 18.0 Å². The Morgan fingerprint density at radius 1 is 1.19 bits per heavy atom. The van der Waals surface area contributed by atoms with Crippen molar-refractivity contribution in [1.29, 1.82) is 0 Å². The van der Waals surface area contributed by atoms with Crippen LogP contribution < -0.4 is 5.73 Å². The highest BCUT2D eigenvalue weighted by atomic mass is 16.3. The lowest BCUT2D eigenvalue weighted by Crippen LogP contribution is -2.60. The van der Waals surface area contributed by atoms with Gasteiger partial charge in [-0.05, 0) is 63.8 Å². The Morgan fingerprint density at radius 2 is 1.76 bits per heavy atom. The quantitative estimate of drug-likeness (QED) is 0.823. The van der Waals surface area contributed by atoms with E-state index >= 15 is 0 Å². The van der Waals surface area contributed by atoms with Crippen LogP contribution in [0.1, 0.15) is 66.2 Å². The van der Waals surface area contributed by atoms with E-state index in [-0.39, 0.29) is 5.41 Å². The average molecular weight is 296 g/mol. The molecule has 3 N–H and O–H groups in total. The van der Waals surface area contributed by atoms with Crippen molar-refractivity contribution >= 4 is 0 Å². The van der Waals surface area contributed by atoms with Gasteiger partial charge in [0.1, 0.15) is 0 Å². The summed E-state index contributed by atoms with van der Waals surface area (Å²) in [6.45, 7) is 10.9. The summed E-state index contributed by atoms with van der Waals surface area (Å²) in [7, 11) is 2.16. The van der Waals surface area contributed by atoms with Gasteiger partial charge in [-0.3, -0.25) is 0 Å². The number of rotatable bonds is 2. The van der Waals surface area contributed by atoms with Crippen LogP contribution in [0.2, 0.25) is 0 Å². The second-order valence-electron chi connectivity index (χ2n) is 8.94. The van der Waals surface area contributed by atoms with Gasteiger partial charge in [0.2, 0.25) is 0 Å². The van der Waals surface area contributed by atoms with Gasteiger partial charge >= 0.3 is 0 Å². The molecule has 0 amide bonds. The Morgan fingerprint density at radius 3 is 2.19 bits per heavy atom. The van der Waals surface area contributed by atoms with Crippen LogP contribution in [0, 0.1) is 16.7 Å². The highest BCUT2D eigenvalue weighted by molar-refractivity contribution is 5.06. The van der Waals surface area contributed by atoms with E-state index in [2.05, 4.69) is 39.6 Å². The SMILES string of the molecule is CC1CC(O)(C2(CN)CCC(C(C)(C)C)CC2)CCN1C. The molecular weight excluding hydrogens is 260 g/mol. The van der Waals surface area contributed by atoms with E-state index in [1.54, 1.807) is 0 Å². The van der Waals surface area contributed by atoms with E-state index in [4.69, 9.17) is 5.73 Å². The molecule has 124 valence electrons. The van der Waals surface area contributed by atoms with Gasteiger partial charge in [0.15, 0.2) is 0 Å². The van der Waals surface area contributed by atoms with Crippen molar-refractivity contribution in [2.45, 2.75) is 77.9 Å². The molecule has 1 saturated heterocycles. The Bertz CT molecular complexity index is 355. The third-order valence-electron chi connectivity index (χ3n) is 6.81. The van der Waals surface area contributed by atoms with E-state index in [1.165, 1.54) is 12.8 Å². The largest absolute Gasteiger partial charge is 0.389 e. The molecule has 1 aliphatic heterocycles. The van der Waals surface area contributed by atoms with Crippen LogP contribution in [0.4, 0.5) is 0 Å². The molecule has 2 rings (SSSR count). The third kappa shape index (κ3) is 3.16. The van der Waals surface area contributed by atoms with Crippen LogP contribution >= 0.6 is 0 Å². The summed E-state index contributed by atoms with van der Waals surface area (Å²) in [6.07, 6.45) is 6.38. The Labute approximate surface area is 131 Å². The second kappa shape index (κ2) is 5.82. The zero-order valence-electron chi connectivity index (χ0n) is 14.8. The molecule has 2 unspecified atom stereocenters. The van der Waals surface area contributed by atoms with E-state index in [9.17, 15) is 5.11 Å². The van der Waals surface area contributed by atoms with Gasteiger partial charge in [-0.2, -0.15) is 0 Å². The maximum absolute atomic E-state index is 11.4. The number of piperidine rings is 1. The predicted molar refractivity (Wildman–Crippen MR) is 89.2 cm³/mol. The summed E-state index contributed by atoms with van der Waals surface area (Å²) in [5.41, 5.74) is 5.98. The lowest BCUT2D eigenvalue weighted by Gasteiger charge is -2.55. The zero-order chi connectivity index (χ0) is 15.9. The van der Waals surface area contributed by atoms with Gasteiger partial charge < -0.3 is 15.7 Å². The topological polar surface area (TPSA) is 49.5 Å². The Hall–Kier alpha value is -0.120. The minimum absolute atomic E-state index is 0.0513. The molecule has 3 heteroatoms. The van der Waals surface area contributed by atoms with E-state index < -0.39 is 5.60 Å². The van der Waals surface area contributed by atoms with Crippen LogP contribution in [-0.2, 0) is 0 Å². The second-order valence-corrected chi connectivity index (χ2v) is 8.94. The molecule has 2 fully saturated rings. The highest BCUT2D eigenvalue weighted by Crippen LogP contribution is 2.53. The molecule has 21 heavy (non-hydrogen) atoms. The summed E-state index contributed by atoms with van der Waals surface area (Å²) in [5.74, 6) is 0.768. The molecular formula is C18H36N2O.